The minimum Gasteiger partial charge on any atom is -0.394 e. The summed E-state index contributed by atoms with van der Waals surface area (Å²) in [4.78, 5) is 24.5. The zero-order valence-corrected chi connectivity index (χ0v) is 18.7. The van der Waals surface area contributed by atoms with Crippen molar-refractivity contribution >= 4 is 44.7 Å². The third-order valence-corrected chi connectivity index (χ3v) is 6.79. The highest BCUT2D eigenvalue weighted by molar-refractivity contribution is 7.17. The first-order valence-corrected chi connectivity index (χ1v) is 11.3. The molecule has 6 nitrogen and oxygen atoms in total. The van der Waals surface area contributed by atoms with Gasteiger partial charge in [0.1, 0.15) is 5.82 Å². The molecule has 0 saturated heterocycles. The van der Waals surface area contributed by atoms with Gasteiger partial charge in [0.05, 0.1) is 28.4 Å². The average Bonchev–Trinajstić information content (AvgIpc) is 3.48. The van der Waals surface area contributed by atoms with Crippen molar-refractivity contribution in [3.8, 4) is 23.5 Å². The van der Waals surface area contributed by atoms with Crippen molar-refractivity contribution in [2.24, 2.45) is 0 Å². The Labute approximate surface area is 188 Å². The molecule has 0 aliphatic heterocycles. The number of terminal acetylenes is 1. The van der Waals surface area contributed by atoms with Crippen molar-refractivity contribution in [2.75, 3.05) is 25.6 Å². The Kier molecular flexibility index (Phi) is 6.00. The third-order valence-electron chi connectivity index (χ3n) is 5.15. The fourth-order valence-electron chi connectivity index (χ4n) is 3.40. The Hall–Kier alpha value is -3.25. The van der Waals surface area contributed by atoms with E-state index in [0.717, 1.165) is 26.9 Å². The lowest BCUT2D eigenvalue weighted by molar-refractivity contribution is 0.155. The molecule has 2 amide bonds. The first-order valence-electron chi connectivity index (χ1n) is 9.49. The summed E-state index contributed by atoms with van der Waals surface area (Å²) < 4.78 is 1.14. The third kappa shape index (κ3) is 4.03. The smallest absolute Gasteiger partial charge is 0.325 e. The highest BCUT2D eigenvalue weighted by Gasteiger charge is 2.25. The summed E-state index contributed by atoms with van der Waals surface area (Å²) in [5, 5.41) is 12.3. The van der Waals surface area contributed by atoms with E-state index < -0.39 is 6.04 Å². The van der Waals surface area contributed by atoms with Crippen molar-refractivity contribution < 1.29 is 9.90 Å². The van der Waals surface area contributed by atoms with E-state index in [2.05, 4.69) is 22.0 Å². The predicted molar refractivity (Wildman–Crippen MR) is 126 cm³/mol. The lowest BCUT2D eigenvalue weighted by atomic mass is 10.00. The topological polar surface area (TPSA) is 69.6 Å². The molecule has 2 heterocycles. The Balaban J connectivity index is 1.56. The van der Waals surface area contributed by atoms with Crippen molar-refractivity contribution in [1.82, 2.24) is 14.9 Å². The van der Waals surface area contributed by atoms with Crippen LogP contribution in [0.2, 0.25) is 0 Å². The van der Waals surface area contributed by atoms with Crippen LogP contribution in [0.5, 0.6) is 0 Å². The molecule has 1 N–H and O–H groups in total. The number of benzene rings is 2. The van der Waals surface area contributed by atoms with Gasteiger partial charge in [-0.2, -0.15) is 0 Å². The summed E-state index contributed by atoms with van der Waals surface area (Å²) in [6, 6.07) is 13.2. The number of carbonyl (C=O) groups is 1. The number of aliphatic hydroxyl groups is 1. The standard InChI is InChI=1S/C23H20N4O2S2/c1-4-21-25-20(13-30-21)27(3)23(29)26(2)19(12-28)16-10-8-15(9-11-16)17-6-5-7-18-22(17)31-14-24-18/h1,5-11,13-14,19,28H,12H2,2-3H3. The minimum atomic E-state index is -0.492. The lowest BCUT2D eigenvalue weighted by Crippen LogP contribution is -2.42. The maximum atomic E-state index is 13.0. The molecule has 0 aliphatic rings. The molecule has 0 aliphatic carbocycles. The van der Waals surface area contributed by atoms with E-state index >= 15 is 0 Å². The molecule has 0 spiro atoms. The van der Waals surface area contributed by atoms with Gasteiger partial charge < -0.3 is 10.0 Å². The largest absolute Gasteiger partial charge is 0.394 e. The summed E-state index contributed by atoms with van der Waals surface area (Å²) in [6.45, 7) is -0.202. The van der Waals surface area contributed by atoms with Crippen LogP contribution < -0.4 is 4.90 Å². The second kappa shape index (κ2) is 8.86. The van der Waals surface area contributed by atoms with Gasteiger partial charge in [0.25, 0.3) is 0 Å². The second-order valence-corrected chi connectivity index (χ2v) is 8.65. The first-order chi connectivity index (χ1) is 15.0. The van der Waals surface area contributed by atoms with Crippen LogP contribution in [0.3, 0.4) is 0 Å². The van der Waals surface area contributed by atoms with Crippen LogP contribution in [-0.4, -0.2) is 46.7 Å². The summed E-state index contributed by atoms with van der Waals surface area (Å²) in [5.74, 6) is 2.96. The van der Waals surface area contributed by atoms with Gasteiger partial charge in [0.2, 0.25) is 0 Å². The van der Waals surface area contributed by atoms with Crippen LogP contribution in [0.15, 0.2) is 53.4 Å². The molecule has 1 atom stereocenters. The number of hydrogen-bond donors (Lipinski definition) is 1. The van der Waals surface area contributed by atoms with Crippen molar-refractivity contribution in [3.63, 3.8) is 0 Å². The number of amides is 2. The fraction of sp³-hybridized carbons (Fsp3) is 0.174. The van der Waals surface area contributed by atoms with Gasteiger partial charge in [0.15, 0.2) is 5.01 Å². The average molecular weight is 449 g/mol. The van der Waals surface area contributed by atoms with E-state index in [1.807, 2.05) is 41.9 Å². The van der Waals surface area contributed by atoms with Crippen LogP contribution >= 0.6 is 22.7 Å². The van der Waals surface area contributed by atoms with Gasteiger partial charge >= 0.3 is 6.03 Å². The lowest BCUT2D eigenvalue weighted by Gasteiger charge is -2.30. The zero-order chi connectivity index (χ0) is 22.0. The summed E-state index contributed by atoms with van der Waals surface area (Å²) in [6.07, 6.45) is 5.37. The number of carbonyl (C=O) groups excluding carboxylic acids is 1. The van der Waals surface area contributed by atoms with Gasteiger partial charge in [-0.3, -0.25) is 4.90 Å². The van der Waals surface area contributed by atoms with E-state index in [-0.39, 0.29) is 12.6 Å². The number of likely N-dealkylation sites (N-methyl/N-ethyl adjacent to an activating group) is 1. The second-order valence-electron chi connectivity index (χ2n) is 6.93. The summed E-state index contributed by atoms with van der Waals surface area (Å²) in [7, 11) is 3.31. The highest BCUT2D eigenvalue weighted by atomic mass is 32.1. The highest BCUT2D eigenvalue weighted by Crippen LogP contribution is 2.32. The van der Waals surface area contributed by atoms with E-state index in [1.165, 1.54) is 21.1 Å². The molecular weight excluding hydrogens is 428 g/mol. The summed E-state index contributed by atoms with van der Waals surface area (Å²) >= 11 is 2.92. The Morgan fingerprint density at radius 2 is 1.97 bits per heavy atom. The number of rotatable bonds is 5. The number of thiazole rings is 2. The van der Waals surface area contributed by atoms with E-state index in [0.29, 0.717) is 10.8 Å². The quantitative estimate of drug-likeness (QED) is 0.452. The molecule has 0 fully saturated rings. The molecular formula is C23H20N4O2S2. The fourth-order valence-corrected chi connectivity index (χ4v) is 4.87. The number of nitrogens with zero attached hydrogens (tertiary/aromatic N) is 4. The number of aromatic nitrogens is 2. The molecule has 2 aromatic heterocycles. The van der Waals surface area contributed by atoms with Crippen molar-refractivity contribution in [2.45, 2.75) is 6.04 Å². The normalized spacial score (nSPS) is 11.8. The molecule has 156 valence electrons. The molecule has 1 unspecified atom stereocenters. The number of anilines is 1. The van der Waals surface area contributed by atoms with Gasteiger partial charge in [0, 0.05) is 25.0 Å². The first kappa shape index (κ1) is 21.0. The predicted octanol–water partition coefficient (Wildman–Crippen LogP) is 4.62. The summed E-state index contributed by atoms with van der Waals surface area (Å²) in [5.41, 5.74) is 5.84. The Morgan fingerprint density at radius 3 is 2.65 bits per heavy atom. The van der Waals surface area contributed by atoms with Crippen LogP contribution in [0.25, 0.3) is 21.3 Å². The number of fused-ring (bicyclic) bond motifs is 1. The van der Waals surface area contributed by atoms with Gasteiger partial charge in [-0.1, -0.05) is 36.4 Å². The molecule has 8 heteroatoms. The van der Waals surface area contributed by atoms with Crippen LogP contribution in [0.4, 0.5) is 10.6 Å². The molecule has 4 rings (SSSR count). The van der Waals surface area contributed by atoms with E-state index in [4.69, 9.17) is 6.42 Å². The monoisotopic (exact) mass is 448 g/mol. The molecule has 31 heavy (non-hydrogen) atoms. The molecule has 4 aromatic rings. The Morgan fingerprint density at radius 1 is 1.19 bits per heavy atom. The molecule has 0 saturated carbocycles. The van der Waals surface area contributed by atoms with Crippen molar-refractivity contribution in [1.29, 1.82) is 0 Å². The van der Waals surface area contributed by atoms with Gasteiger partial charge in [-0.25, -0.2) is 14.8 Å². The van der Waals surface area contributed by atoms with Gasteiger partial charge in [-0.15, -0.1) is 29.1 Å². The molecule has 0 radical (unpaired) electrons. The van der Waals surface area contributed by atoms with E-state index in [1.54, 1.807) is 30.8 Å². The van der Waals surface area contributed by atoms with Crippen LogP contribution in [-0.2, 0) is 0 Å². The number of hydrogen-bond acceptors (Lipinski definition) is 6. The SMILES string of the molecule is C#Cc1nc(N(C)C(=O)N(C)C(CO)c2ccc(-c3cccc4ncsc34)cc2)cs1. The zero-order valence-electron chi connectivity index (χ0n) is 17.0. The minimum absolute atomic E-state index is 0.202. The number of urea groups is 1. The Bertz CT molecular complexity index is 1260. The molecule has 0 bridgehead atoms. The van der Waals surface area contributed by atoms with E-state index in [9.17, 15) is 9.90 Å². The molecule has 2 aromatic carbocycles. The van der Waals surface area contributed by atoms with Gasteiger partial charge in [-0.05, 0) is 23.1 Å². The van der Waals surface area contributed by atoms with Crippen LogP contribution in [0, 0.1) is 12.3 Å². The van der Waals surface area contributed by atoms with Crippen molar-refractivity contribution in [3.05, 3.63) is 63.9 Å². The van der Waals surface area contributed by atoms with Crippen LogP contribution in [0.1, 0.15) is 16.6 Å². The maximum Gasteiger partial charge on any atom is 0.325 e. The maximum absolute atomic E-state index is 13.0. The number of aliphatic hydroxyl groups excluding tert-OH is 1.